The maximum atomic E-state index is 12.7. The second-order valence-electron chi connectivity index (χ2n) is 7.04. The highest BCUT2D eigenvalue weighted by molar-refractivity contribution is 5.91. The second-order valence-corrected chi connectivity index (χ2v) is 7.04. The first-order valence-electron chi connectivity index (χ1n) is 9.54. The number of nitrogens with zero attached hydrogens (tertiary/aromatic N) is 2. The number of rotatable bonds is 4. The maximum Gasteiger partial charge on any atom is 0.326 e. The van der Waals surface area contributed by atoms with Crippen molar-refractivity contribution >= 4 is 28.6 Å². The Labute approximate surface area is 163 Å². The molecular formula is C22H23N3O3. The van der Waals surface area contributed by atoms with E-state index < -0.39 is 12.0 Å². The molecular weight excluding hydrogens is 354 g/mol. The molecule has 2 amide bonds. The van der Waals surface area contributed by atoms with Crippen LogP contribution >= 0.6 is 0 Å². The topological polar surface area (TPSA) is 74.6 Å². The number of amides is 2. The van der Waals surface area contributed by atoms with Gasteiger partial charge in [-0.3, -0.25) is 0 Å². The fraction of sp³-hybridized carbons (Fsp3) is 0.273. The Balaban J connectivity index is 1.69. The highest BCUT2D eigenvalue weighted by Crippen LogP contribution is 2.34. The van der Waals surface area contributed by atoms with Crippen molar-refractivity contribution in [1.82, 2.24) is 9.47 Å². The molecule has 1 aromatic heterocycles. The van der Waals surface area contributed by atoms with Crippen LogP contribution < -0.4 is 5.32 Å². The van der Waals surface area contributed by atoms with E-state index in [-0.39, 0.29) is 6.03 Å². The van der Waals surface area contributed by atoms with Crippen LogP contribution in [0.5, 0.6) is 0 Å². The zero-order chi connectivity index (χ0) is 19.7. The van der Waals surface area contributed by atoms with Gasteiger partial charge in [-0.2, -0.15) is 0 Å². The molecule has 1 aliphatic heterocycles. The molecule has 0 bridgehead atoms. The molecule has 0 spiro atoms. The Bertz CT molecular complexity index is 1030. The van der Waals surface area contributed by atoms with Gasteiger partial charge in [0.15, 0.2) is 0 Å². The van der Waals surface area contributed by atoms with Crippen molar-refractivity contribution in [2.24, 2.45) is 0 Å². The van der Waals surface area contributed by atoms with Gasteiger partial charge in [0.2, 0.25) is 0 Å². The van der Waals surface area contributed by atoms with Gasteiger partial charge in [-0.15, -0.1) is 0 Å². The Kier molecular flexibility index (Phi) is 4.77. The van der Waals surface area contributed by atoms with Crippen molar-refractivity contribution < 1.29 is 14.7 Å². The number of aromatic nitrogens is 1. The van der Waals surface area contributed by atoms with Crippen molar-refractivity contribution in [3.05, 3.63) is 65.9 Å². The molecule has 1 unspecified atom stereocenters. The first-order valence-corrected chi connectivity index (χ1v) is 9.54. The summed E-state index contributed by atoms with van der Waals surface area (Å²) in [5.74, 6) is -0.824. The molecule has 6 nitrogen and oxygen atoms in total. The number of benzene rings is 2. The standard InChI is InChI=1S/C22H23N3O3/c1-2-18(21(26)27)25-19-11-7-6-10-16(19)17-14-24(13-12-20(17)25)22(28)23-15-8-4-3-5-9-15/h3-11,18H,2,12-14H2,1H3,(H,23,28)(H,26,27). The predicted octanol–water partition coefficient (Wildman–Crippen LogP) is 4.27. The van der Waals surface area contributed by atoms with Crippen molar-refractivity contribution in [3.8, 4) is 0 Å². The van der Waals surface area contributed by atoms with E-state index in [2.05, 4.69) is 5.32 Å². The molecule has 3 aromatic rings. The van der Waals surface area contributed by atoms with Crippen LogP contribution in [0.1, 0.15) is 30.6 Å². The molecule has 6 heteroatoms. The van der Waals surface area contributed by atoms with Crippen molar-refractivity contribution in [2.75, 3.05) is 11.9 Å². The summed E-state index contributed by atoms with van der Waals surface area (Å²) in [4.78, 5) is 26.4. The molecule has 4 rings (SSSR count). The maximum absolute atomic E-state index is 12.7. The van der Waals surface area contributed by atoms with Crippen LogP contribution in [0, 0.1) is 0 Å². The first-order chi connectivity index (χ1) is 13.6. The van der Waals surface area contributed by atoms with Crippen molar-refractivity contribution in [1.29, 1.82) is 0 Å². The second kappa shape index (κ2) is 7.38. The van der Waals surface area contributed by atoms with Crippen LogP contribution in [0.2, 0.25) is 0 Å². The quantitative estimate of drug-likeness (QED) is 0.713. The average Bonchev–Trinajstić information content (AvgIpc) is 3.03. The summed E-state index contributed by atoms with van der Waals surface area (Å²) in [6.45, 7) is 2.91. The number of aliphatic carboxylic acids is 1. The van der Waals surface area contributed by atoms with Gasteiger partial charge >= 0.3 is 12.0 Å². The van der Waals surface area contributed by atoms with Crippen LogP contribution in [0.15, 0.2) is 54.6 Å². The Morgan fingerprint density at radius 1 is 1.11 bits per heavy atom. The monoisotopic (exact) mass is 377 g/mol. The number of carbonyl (C=O) groups is 2. The van der Waals surface area contributed by atoms with Gasteiger partial charge in [0, 0.05) is 47.4 Å². The van der Waals surface area contributed by atoms with Crippen LogP contribution in [0.3, 0.4) is 0 Å². The Hall–Kier alpha value is -3.28. The largest absolute Gasteiger partial charge is 0.480 e. The number of carboxylic acid groups (broad SMARTS) is 1. The van der Waals surface area contributed by atoms with E-state index in [1.165, 1.54) is 0 Å². The fourth-order valence-electron chi connectivity index (χ4n) is 4.06. The number of fused-ring (bicyclic) bond motifs is 3. The first kappa shape index (κ1) is 18.1. The summed E-state index contributed by atoms with van der Waals surface area (Å²) in [5, 5.41) is 13.7. The highest BCUT2D eigenvalue weighted by atomic mass is 16.4. The molecule has 0 saturated heterocycles. The van der Waals surface area contributed by atoms with Gasteiger partial charge in [-0.25, -0.2) is 9.59 Å². The van der Waals surface area contributed by atoms with E-state index in [0.717, 1.165) is 27.8 Å². The molecule has 0 radical (unpaired) electrons. The number of carboxylic acids is 1. The van der Waals surface area contributed by atoms with Gasteiger partial charge in [-0.05, 0) is 24.6 Å². The van der Waals surface area contributed by atoms with Gasteiger partial charge in [0.1, 0.15) is 6.04 Å². The third-order valence-electron chi connectivity index (χ3n) is 5.39. The number of hydrogen-bond acceptors (Lipinski definition) is 2. The molecule has 1 atom stereocenters. The van der Waals surface area contributed by atoms with Gasteiger partial charge < -0.3 is 19.9 Å². The fourth-order valence-corrected chi connectivity index (χ4v) is 4.06. The van der Waals surface area contributed by atoms with E-state index in [0.29, 0.717) is 25.9 Å². The molecule has 2 N–H and O–H groups in total. The SMILES string of the molecule is CCC(C(=O)O)n1c2c(c3ccccc31)CN(C(=O)Nc1ccccc1)CC2. The van der Waals surface area contributed by atoms with E-state index in [9.17, 15) is 14.7 Å². The van der Waals surface area contributed by atoms with Crippen molar-refractivity contribution in [2.45, 2.75) is 32.4 Å². The molecule has 0 aliphatic carbocycles. The number of hydrogen-bond donors (Lipinski definition) is 2. The summed E-state index contributed by atoms with van der Waals surface area (Å²) >= 11 is 0. The minimum atomic E-state index is -0.824. The number of para-hydroxylation sites is 2. The molecule has 2 aromatic carbocycles. The van der Waals surface area contributed by atoms with E-state index in [4.69, 9.17) is 0 Å². The predicted molar refractivity (Wildman–Crippen MR) is 108 cm³/mol. The Morgan fingerprint density at radius 3 is 2.54 bits per heavy atom. The average molecular weight is 377 g/mol. The van der Waals surface area contributed by atoms with Gasteiger partial charge in [0.05, 0.1) is 0 Å². The minimum Gasteiger partial charge on any atom is -0.480 e. The number of urea groups is 1. The summed E-state index contributed by atoms with van der Waals surface area (Å²) in [6, 6.07) is 16.5. The highest BCUT2D eigenvalue weighted by Gasteiger charge is 2.30. The molecule has 2 heterocycles. The van der Waals surface area contributed by atoms with Gasteiger partial charge in [0.25, 0.3) is 0 Å². The van der Waals surface area contributed by atoms with Crippen LogP contribution in [0.4, 0.5) is 10.5 Å². The zero-order valence-corrected chi connectivity index (χ0v) is 15.8. The van der Waals surface area contributed by atoms with E-state index >= 15 is 0 Å². The van der Waals surface area contributed by atoms with E-state index in [1.54, 1.807) is 4.90 Å². The normalized spacial score (nSPS) is 14.5. The lowest BCUT2D eigenvalue weighted by molar-refractivity contribution is -0.140. The minimum absolute atomic E-state index is 0.140. The van der Waals surface area contributed by atoms with Gasteiger partial charge in [-0.1, -0.05) is 43.3 Å². The molecule has 28 heavy (non-hydrogen) atoms. The molecule has 0 fully saturated rings. The molecule has 144 valence electrons. The van der Waals surface area contributed by atoms with Crippen LogP contribution in [-0.2, 0) is 17.8 Å². The third-order valence-corrected chi connectivity index (χ3v) is 5.39. The summed E-state index contributed by atoms with van der Waals surface area (Å²) in [5.41, 5.74) is 3.76. The summed E-state index contributed by atoms with van der Waals surface area (Å²) in [7, 11) is 0. The molecule has 0 saturated carbocycles. The number of anilines is 1. The smallest absolute Gasteiger partial charge is 0.326 e. The Morgan fingerprint density at radius 2 is 1.82 bits per heavy atom. The lowest BCUT2D eigenvalue weighted by Crippen LogP contribution is -2.39. The van der Waals surface area contributed by atoms with Crippen LogP contribution in [0.25, 0.3) is 10.9 Å². The molecule has 1 aliphatic rings. The number of carbonyl (C=O) groups excluding carboxylic acids is 1. The summed E-state index contributed by atoms with van der Waals surface area (Å²) < 4.78 is 1.96. The lowest BCUT2D eigenvalue weighted by Gasteiger charge is -2.29. The number of nitrogens with one attached hydrogen (secondary N) is 1. The lowest BCUT2D eigenvalue weighted by atomic mass is 10.0. The van der Waals surface area contributed by atoms with E-state index in [1.807, 2.05) is 66.1 Å². The van der Waals surface area contributed by atoms with Crippen LogP contribution in [-0.4, -0.2) is 33.1 Å². The summed E-state index contributed by atoms with van der Waals surface area (Å²) in [6.07, 6.45) is 1.15. The van der Waals surface area contributed by atoms with Crippen molar-refractivity contribution in [3.63, 3.8) is 0 Å². The zero-order valence-electron chi connectivity index (χ0n) is 15.8. The third kappa shape index (κ3) is 3.11.